The van der Waals surface area contributed by atoms with E-state index >= 15 is 0 Å². The standard InChI is InChI=1S/C28H27N2.C11H22O2.Ir/c1-17-7-8-22(6)25(15-17)26-16-29-27(23-11-18(2)9-19(3)12-23)28(30-26)24-13-20(4)10-21(5)14-24;1-8(2)5-10(12)7-11(13)6-9(3)4;/h7-11,13-16H,1-6H3;7-10,12-13H,5-6H2,1-4H3;/q-1;;. The van der Waals surface area contributed by atoms with Gasteiger partial charge < -0.3 is 15.2 Å². The van der Waals surface area contributed by atoms with Gasteiger partial charge in [-0.2, -0.15) is 0 Å². The van der Waals surface area contributed by atoms with E-state index in [0.29, 0.717) is 30.4 Å². The molecule has 2 N–H and O–H groups in total. The number of hydrogen-bond acceptors (Lipinski definition) is 4. The summed E-state index contributed by atoms with van der Waals surface area (Å²) in [7, 11) is 0. The van der Waals surface area contributed by atoms with Crippen LogP contribution in [-0.2, 0) is 20.1 Å². The predicted octanol–water partition coefficient (Wildman–Crippen LogP) is 10.0. The zero-order chi connectivity index (χ0) is 31.8. The molecule has 4 aromatic rings. The fourth-order valence-electron chi connectivity index (χ4n) is 5.32. The van der Waals surface area contributed by atoms with E-state index in [1.807, 2.05) is 20.0 Å². The van der Waals surface area contributed by atoms with Gasteiger partial charge in [-0.15, -0.1) is 34.9 Å². The molecule has 1 heterocycles. The Balaban J connectivity index is 0.000000412. The second kappa shape index (κ2) is 16.8. The Labute approximate surface area is 279 Å². The predicted molar refractivity (Wildman–Crippen MR) is 181 cm³/mol. The molecule has 0 spiro atoms. The number of allylic oxidation sites excluding steroid dienone is 1. The van der Waals surface area contributed by atoms with E-state index in [4.69, 9.17) is 9.97 Å². The quantitative estimate of drug-likeness (QED) is 0.138. The summed E-state index contributed by atoms with van der Waals surface area (Å²) in [6, 6.07) is 20.8. The van der Waals surface area contributed by atoms with Crippen molar-refractivity contribution in [1.82, 2.24) is 9.97 Å². The molecule has 0 aliphatic heterocycles. The summed E-state index contributed by atoms with van der Waals surface area (Å²) in [5.41, 5.74) is 13.1. The maximum Gasteiger partial charge on any atom is 0.0911 e. The van der Waals surface area contributed by atoms with E-state index in [1.54, 1.807) is 6.08 Å². The summed E-state index contributed by atoms with van der Waals surface area (Å²) in [6.45, 7) is 20.9. The van der Waals surface area contributed by atoms with Gasteiger partial charge in [0.15, 0.2) is 0 Å². The van der Waals surface area contributed by atoms with Gasteiger partial charge in [-0.1, -0.05) is 88.6 Å². The van der Waals surface area contributed by atoms with Crippen molar-refractivity contribution in [2.45, 2.75) is 88.2 Å². The van der Waals surface area contributed by atoms with Gasteiger partial charge in [-0.25, -0.2) is 0 Å². The maximum atomic E-state index is 9.47. The molecule has 44 heavy (non-hydrogen) atoms. The molecule has 0 amide bonds. The van der Waals surface area contributed by atoms with E-state index in [9.17, 15) is 10.2 Å². The topological polar surface area (TPSA) is 66.2 Å². The Kier molecular flexibility index (Phi) is 14.2. The zero-order valence-corrected chi connectivity index (χ0v) is 30.4. The van der Waals surface area contributed by atoms with Gasteiger partial charge in [-0.05, 0) is 69.2 Å². The van der Waals surface area contributed by atoms with E-state index in [0.717, 1.165) is 39.3 Å². The molecule has 1 aromatic heterocycles. The van der Waals surface area contributed by atoms with Gasteiger partial charge in [-0.3, -0.25) is 4.98 Å². The first-order valence-corrected chi connectivity index (χ1v) is 15.3. The Hall–Kier alpha value is -3.11. The number of rotatable bonds is 8. The van der Waals surface area contributed by atoms with Crippen molar-refractivity contribution in [2.75, 3.05) is 0 Å². The van der Waals surface area contributed by atoms with Crippen LogP contribution in [0.1, 0.15) is 73.9 Å². The maximum absolute atomic E-state index is 9.47. The largest absolute Gasteiger partial charge is 0.513 e. The Morgan fingerprint density at radius 2 is 1.43 bits per heavy atom. The fourth-order valence-corrected chi connectivity index (χ4v) is 5.32. The summed E-state index contributed by atoms with van der Waals surface area (Å²) >= 11 is 0. The minimum absolute atomic E-state index is 0. The van der Waals surface area contributed by atoms with Gasteiger partial charge in [0, 0.05) is 44.0 Å². The number of aliphatic hydroxyl groups excluding tert-OH is 2. The van der Waals surface area contributed by atoms with Crippen molar-refractivity contribution in [3.8, 4) is 33.8 Å². The first kappa shape index (κ1) is 37.1. The van der Waals surface area contributed by atoms with E-state index in [-0.39, 0.29) is 20.1 Å². The van der Waals surface area contributed by atoms with Gasteiger partial charge in [0.2, 0.25) is 0 Å². The molecule has 0 saturated heterocycles. The van der Waals surface area contributed by atoms with Crippen molar-refractivity contribution in [1.29, 1.82) is 0 Å². The van der Waals surface area contributed by atoms with E-state index in [2.05, 4.69) is 110 Å². The van der Waals surface area contributed by atoms with Crippen LogP contribution in [0, 0.1) is 59.4 Å². The molecular formula is C39H49IrN2O2-. The summed E-state index contributed by atoms with van der Waals surface area (Å²) in [5, 5.41) is 18.9. The minimum Gasteiger partial charge on any atom is -0.513 e. The SMILES string of the molecule is CC(C)CC(O)=CC(O)CC(C)C.Cc1[c-]c(-c2ncc(-c3cc(C)ccc3C)nc2-c2cc(C)cc(C)c2)cc(C)c1.[Ir]. The molecule has 5 heteroatoms. The molecule has 0 aliphatic rings. The van der Waals surface area contributed by atoms with Crippen molar-refractivity contribution in [2.24, 2.45) is 11.8 Å². The third-order valence-electron chi connectivity index (χ3n) is 7.05. The minimum atomic E-state index is -0.501. The van der Waals surface area contributed by atoms with Crippen LogP contribution in [0.15, 0.2) is 66.6 Å². The smallest absolute Gasteiger partial charge is 0.0911 e. The molecule has 3 aromatic carbocycles. The number of aliphatic hydroxyl groups is 2. The number of benzene rings is 3. The normalized spacial score (nSPS) is 12.1. The van der Waals surface area contributed by atoms with Crippen LogP contribution >= 0.6 is 0 Å². The molecule has 1 atom stereocenters. The van der Waals surface area contributed by atoms with Crippen LogP contribution in [0.2, 0.25) is 0 Å². The Bertz CT molecular complexity index is 1530. The molecule has 237 valence electrons. The van der Waals surface area contributed by atoms with Crippen LogP contribution < -0.4 is 0 Å². The van der Waals surface area contributed by atoms with Gasteiger partial charge in [0.1, 0.15) is 0 Å². The molecule has 0 aliphatic carbocycles. The van der Waals surface area contributed by atoms with Crippen LogP contribution in [0.25, 0.3) is 33.8 Å². The van der Waals surface area contributed by atoms with Crippen LogP contribution in [0.5, 0.6) is 0 Å². The number of aromatic nitrogens is 2. The number of nitrogens with zero attached hydrogens (tertiary/aromatic N) is 2. The monoisotopic (exact) mass is 770 g/mol. The molecule has 0 bridgehead atoms. The van der Waals surface area contributed by atoms with E-state index in [1.165, 1.54) is 27.8 Å². The number of aryl methyl sites for hydroxylation is 6. The second-order valence-corrected chi connectivity index (χ2v) is 12.9. The van der Waals surface area contributed by atoms with Gasteiger partial charge in [0.05, 0.1) is 23.3 Å². The Morgan fingerprint density at radius 1 is 0.795 bits per heavy atom. The van der Waals surface area contributed by atoms with Crippen LogP contribution in [-0.4, -0.2) is 26.3 Å². The Morgan fingerprint density at radius 3 is 2.02 bits per heavy atom. The third kappa shape index (κ3) is 11.1. The molecule has 4 nitrogen and oxygen atoms in total. The van der Waals surface area contributed by atoms with Crippen molar-refractivity contribution < 1.29 is 30.3 Å². The van der Waals surface area contributed by atoms with Crippen molar-refractivity contribution in [3.63, 3.8) is 0 Å². The summed E-state index contributed by atoms with van der Waals surface area (Å²) in [5.74, 6) is 1.20. The average molecular weight is 770 g/mol. The number of hydrogen-bond donors (Lipinski definition) is 2. The average Bonchev–Trinajstić information content (AvgIpc) is 2.88. The molecular weight excluding hydrogens is 721 g/mol. The van der Waals surface area contributed by atoms with Gasteiger partial charge in [0.25, 0.3) is 0 Å². The van der Waals surface area contributed by atoms with Crippen LogP contribution in [0.3, 0.4) is 0 Å². The summed E-state index contributed by atoms with van der Waals surface area (Å²) in [4.78, 5) is 10.1. The first-order valence-electron chi connectivity index (χ1n) is 15.3. The summed E-state index contributed by atoms with van der Waals surface area (Å²) in [6.07, 6.45) is 4.31. The zero-order valence-electron chi connectivity index (χ0n) is 28.0. The molecule has 4 rings (SSSR count). The fraction of sp³-hybridized carbons (Fsp3) is 0.385. The second-order valence-electron chi connectivity index (χ2n) is 12.9. The third-order valence-corrected chi connectivity index (χ3v) is 7.05. The van der Waals surface area contributed by atoms with E-state index < -0.39 is 6.10 Å². The van der Waals surface area contributed by atoms with Crippen molar-refractivity contribution in [3.05, 3.63) is 106 Å². The summed E-state index contributed by atoms with van der Waals surface area (Å²) < 4.78 is 0. The van der Waals surface area contributed by atoms with Crippen molar-refractivity contribution >= 4 is 0 Å². The molecule has 0 fully saturated rings. The first-order chi connectivity index (χ1) is 20.2. The van der Waals surface area contributed by atoms with Gasteiger partial charge >= 0.3 is 0 Å². The molecule has 1 unspecified atom stereocenters. The molecule has 0 saturated carbocycles. The van der Waals surface area contributed by atoms with Crippen LogP contribution in [0.4, 0.5) is 0 Å². The molecule has 1 radical (unpaired) electrons.